The van der Waals surface area contributed by atoms with E-state index in [0.717, 1.165) is 10.9 Å². The number of nitrogens with one attached hydrogen (secondary N) is 4. The number of hydrogen-bond donors (Lipinski definition) is 8. The largest absolute Gasteiger partial charge is 0.481 e. The summed E-state index contributed by atoms with van der Waals surface area (Å²) in [6.45, 7) is -0.705. The number of carboxylic acid groups (broad SMARTS) is 3. The fourth-order valence-corrected chi connectivity index (χ4v) is 3.20. The van der Waals surface area contributed by atoms with Crippen molar-refractivity contribution >= 4 is 46.5 Å². The standard InChI is InChI=1S/C21H25N5O9/c22-12(6-17(28)29)19(32)26-14(7-18(30)31)20(33)24-9-16(27)25-15(21(34)35)5-10-8-23-13-4-2-1-3-11(10)13/h1-4,8,12,14-15,23H,5-7,9,22H2,(H,24,33)(H,25,27)(H,26,32)(H,28,29)(H,30,31)(H,34,35)/t12-,14-,15-/m0/s1. The highest BCUT2D eigenvalue weighted by molar-refractivity contribution is 5.95. The topological polar surface area (TPSA) is 241 Å². The number of para-hydroxylation sites is 1. The van der Waals surface area contributed by atoms with Crippen LogP contribution in [0.25, 0.3) is 10.9 Å². The molecule has 188 valence electrons. The summed E-state index contributed by atoms with van der Waals surface area (Å²) in [6.07, 6.45) is -0.0269. The molecule has 0 aliphatic heterocycles. The Morgan fingerprint density at radius 1 is 0.886 bits per heavy atom. The highest BCUT2D eigenvalue weighted by Crippen LogP contribution is 2.19. The van der Waals surface area contributed by atoms with E-state index in [9.17, 15) is 33.9 Å². The van der Waals surface area contributed by atoms with Crippen molar-refractivity contribution < 1.29 is 44.1 Å². The number of fused-ring (bicyclic) bond motifs is 1. The second kappa shape index (κ2) is 12.1. The molecule has 1 aromatic carbocycles. The van der Waals surface area contributed by atoms with Crippen LogP contribution in [0.1, 0.15) is 18.4 Å². The number of hydrogen-bond acceptors (Lipinski definition) is 7. The van der Waals surface area contributed by atoms with E-state index < -0.39 is 73.1 Å². The summed E-state index contributed by atoms with van der Waals surface area (Å²) in [4.78, 5) is 72.9. The smallest absolute Gasteiger partial charge is 0.326 e. The van der Waals surface area contributed by atoms with E-state index in [1.54, 1.807) is 18.3 Å². The Labute approximate surface area is 197 Å². The zero-order chi connectivity index (χ0) is 26.1. The highest BCUT2D eigenvalue weighted by Gasteiger charge is 2.28. The summed E-state index contributed by atoms with van der Waals surface area (Å²) in [6, 6.07) is 2.70. The van der Waals surface area contributed by atoms with Gasteiger partial charge in [-0.25, -0.2) is 4.79 Å². The maximum absolute atomic E-state index is 12.3. The summed E-state index contributed by atoms with van der Waals surface area (Å²) < 4.78 is 0. The minimum Gasteiger partial charge on any atom is -0.481 e. The number of aliphatic carboxylic acids is 3. The Bertz CT molecular complexity index is 1130. The maximum atomic E-state index is 12.3. The first-order valence-corrected chi connectivity index (χ1v) is 10.3. The van der Waals surface area contributed by atoms with E-state index in [2.05, 4.69) is 15.6 Å². The van der Waals surface area contributed by atoms with Crippen LogP contribution < -0.4 is 21.7 Å². The van der Waals surface area contributed by atoms with Crippen molar-refractivity contribution in [3.63, 3.8) is 0 Å². The van der Waals surface area contributed by atoms with Crippen LogP contribution in [-0.4, -0.2) is 80.6 Å². The van der Waals surface area contributed by atoms with Crippen molar-refractivity contribution in [3.8, 4) is 0 Å². The van der Waals surface area contributed by atoms with E-state index in [-0.39, 0.29) is 6.42 Å². The molecule has 14 nitrogen and oxygen atoms in total. The summed E-state index contributed by atoms with van der Waals surface area (Å²) in [5.74, 6) is -7.12. The van der Waals surface area contributed by atoms with Crippen LogP contribution in [0.4, 0.5) is 0 Å². The number of H-pyrrole nitrogens is 1. The van der Waals surface area contributed by atoms with Crippen LogP contribution in [-0.2, 0) is 35.2 Å². The SMILES string of the molecule is N[C@@H](CC(=O)O)C(=O)N[C@@H](CC(=O)O)C(=O)NCC(=O)N[C@@H](Cc1c[nH]c2ccccc12)C(=O)O. The molecule has 3 atom stereocenters. The number of carbonyl (C=O) groups excluding carboxylic acids is 3. The van der Waals surface area contributed by atoms with Gasteiger partial charge in [-0.1, -0.05) is 18.2 Å². The van der Waals surface area contributed by atoms with Gasteiger partial charge in [0.2, 0.25) is 17.7 Å². The van der Waals surface area contributed by atoms with Crippen molar-refractivity contribution in [2.45, 2.75) is 37.4 Å². The van der Waals surface area contributed by atoms with Gasteiger partial charge in [0.25, 0.3) is 0 Å². The zero-order valence-corrected chi connectivity index (χ0v) is 18.3. The van der Waals surface area contributed by atoms with Gasteiger partial charge in [0.15, 0.2) is 0 Å². The Morgan fingerprint density at radius 2 is 1.54 bits per heavy atom. The van der Waals surface area contributed by atoms with Gasteiger partial charge >= 0.3 is 17.9 Å². The first-order valence-electron chi connectivity index (χ1n) is 10.3. The fourth-order valence-electron chi connectivity index (χ4n) is 3.20. The fraction of sp³-hybridized carbons (Fsp3) is 0.333. The number of aromatic amines is 1. The average Bonchev–Trinajstić information content (AvgIpc) is 3.18. The van der Waals surface area contributed by atoms with Gasteiger partial charge in [-0.3, -0.25) is 24.0 Å². The summed E-state index contributed by atoms with van der Waals surface area (Å²) >= 11 is 0. The molecule has 0 bridgehead atoms. The molecule has 0 fully saturated rings. The molecular formula is C21H25N5O9. The van der Waals surface area contributed by atoms with Crippen LogP contribution in [0.3, 0.4) is 0 Å². The first-order chi connectivity index (χ1) is 16.5. The molecule has 1 heterocycles. The Hall–Kier alpha value is -4.46. The lowest BCUT2D eigenvalue weighted by Gasteiger charge is -2.19. The highest BCUT2D eigenvalue weighted by atomic mass is 16.4. The normalized spacial score (nSPS) is 13.3. The second-order valence-electron chi connectivity index (χ2n) is 7.60. The molecule has 9 N–H and O–H groups in total. The van der Waals surface area contributed by atoms with Crippen LogP contribution in [0, 0.1) is 0 Å². The molecule has 14 heteroatoms. The lowest BCUT2D eigenvalue weighted by Crippen LogP contribution is -2.54. The molecule has 0 saturated carbocycles. The van der Waals surface area contributed by atoms with Crippen LogP contribution in [0.5, 0.6) is 0 Å². The molecule has 0 aliphatic rings. The summed E-state index contributed by atoms with van der Waals surface area (Å²) in [5, 5.41) is 34.4. The molecule has 0 radical (unpaired) electrons. The minimum atomic E-state index is -1.64. The van der Waals surface area contributed by atoms with E-state index in [0.29, 0.717) is 5.56 Å². The lowest BCUT2D eigenvalue weighted by molar-refractivity contribution is -0.143. The maximum Gasteiger partial charge on any atom is 0.326 e. The number of benzene rings is 1. The van der Waals surface area contributed by atoms with Gasteiger partial charge in [0.1, 0.15) is 12.1 Å². The minimum absolute atomic E-state index is 0.0435. The van der Waals surface area contributed by atoms with E-state index in [4.69, 9.17) is 15.9 Å². The number of aromatic nitrogens is 1. The second-order valence-corrected chi connectivity index (χ2v) is 7.60. The molecule has 0 spiro atoms. The summed E-state index contributed by atoms with van der Waals surface area (Å²) in [7, 11) is 0. The van der Waals surface area contributed by atoms with Crippen LogP contribution in [0.2, 0.25) is 0 Å². The molecule has 0 unspecified atom stereocenters. The number of amides is 3. The number of nitrogens with two attached hydrogens (primary N) is 1. The monoisotopic (exact) mass is 491 g/mol. The van der Waals surface area contributed by atoms with Gasteiger partial charge in [-0.15, -0.1) is 0 Å². The molecular weight excluding hydrogens is 466 g/mol. The predicted octanol–water partition coefficient (Wildman–Crippen LogP) is -1.84. The number of carbonyl (C=O) groups is 6. The van der Waals surface area contributed by atoms with E-state index >= 15 is 0 Å². The van der Waals surface area contributed by atoms with Gasteiger partial charge in [-0.05, 0) is 11.6 Å². The van der Waals surface area contributed by atoms with Gasteiger partial charge in [0, 0.05) is 23.5 Å². The van der Waals surface area contributed by atoms with Gasteiger partial charge in [0.05, 0.1) is 25.4 Å². The van der Waals surface area contributed by atoms with Crippen LogP contribution in [0.15, 0.2) is 30.5 Å². The van der Waals surface area contributed by atoms with Gasteiger partial charge in [-0.2, -0.15) is 0 Å². The van der Waals surface area contributed by atoms with Crippen molar-refractivity contribution in [1.29, 1.82) is 0 Å². The molecule has 35 heavy (non-hydrogen) atoms. The Morgan fingerprint density at radius 3 is 2.17 bits per heavy atom. The van der Waals surface area contributed by atoms with Crippen molar-refractivity contribution in [2.75, 3.05) is 6.54 Å². The quantitative estimate of drug-likeness (QED) is 0.156. The summed E-state index contributed by atoms with van der Waals surface area (Å²) in [5.41, 5.74) is 6.84. The van der Waals surface area contributed by atoms with E-state index in [1.165, 1.54) is 0 Å². The number of rotatable bonds is 13. The van der Waals surface area contributed by atoms with Crippen molar-refractivity contribution in [3.05, 3.63) is 36.0 Å². The molecule has 3 amide bonds. The van der Waals surface area contributed by atoms with Crippen LogP contribution >= 0.6 is 0 Å². The van der Waals surface area contributed by atoms with Gasteiger partial charge < -0.3 is 42.0 Å². The number of carboxylic acids is 3. The molecule has 0 saturated heterocycles. The van der Waals surface area contributed by atoms with Crippen molar-refractivity contribution in [1.82, 2.24) is 20.9 Å². The van der Waals surface area contributed by atoms with E-state index in [1.807, 2.05) is 17.4 Å². The Kier molecular flexibility index (Phi) is 9.28. The average molecular weight is 491 g/mol. The third-order valence-corrected chi connectivity index (χ3v) is 4.90. The molecule has 2 rings (SSSR count). The van der Waals surface area contributed by atoms with Crippen molar-refractivity contribution in [2.24, 2.45) is 5.73 Å². The third-order valence-electron chi connectivity index (χ3n) is 4.90. The first kappa shape index (κ1) is 26.8. The molecule has 1 aromatic heterocycles. The molecule has 0 aliphatic carbocycles. The predicted molar refractivity (Wildman–Crippen MR) is 119 cm³/mol. The Balaban J connectivity index is 1.97. The zero-order valence-electron chi connectivity index (χ0n) is 18.3. The third kappa shape index (κ3) is 8.12. The molecule has 2 aromatic rings. The lowest BCUT2D eigenvalue weighted by atomic mass is 10.0.